The molecule has 0 N–H and O–H groups in total. The highest BCUT2D eigenvalue weighted by Gasteiger charge is 2.34. The van der Waals surface area contributed by atoms with Gasteiger partial charge in [-0.3, -0.25) is 0 Å². The monoisotopic (exact) mass is 260 g/mol. The molecule has 0 aliphatic heterocycles. The number of rotatable bonds is 1. The van der Waals surface area contributed by atoms with E-state index in [1.54, 1.807) is 0 Å². The fourth-order valence-electron chi connectivity index (χ4n) is 1.49. The molecule has 0 saturated carbocycles. The summed E-state index contributed by atoms with van der Waals surface area (Å²) in [6.07, 6.45) is -5.29. The van der Waals surface area contributed by atoms with Crippen molar-refractivity contribution in [1.29, 1.82) is 0 Å². The Bertz CT molecular complexity index is 580. The van der Waals surface area contributed by atoms with E-state index in [0.717, 1.165) is 12.1 Å². The van der Waals surface area contributed by atoms with Gasteiger partial charge in [-0.25, -0.2) is 4.98 Å². The van der Waals surface area contributed by atoms with E-state index in [0.29, 0.717) is 6.20 Å². The molecule has 94 valence electrons. The quantitative estimate of drug-likeness (QED) is 0.446. The first-order valence-electron chi connectivity index (χ1n) is 4.74. The van der Waals surface area contributed by atoms with Crippen LogP contribution < -0.4 is 0 Å². The summed E-state index contributed by atoms with van der Waals surface area (Å²) in [6, 6.07) is 4.36. The van der Waals surface area contributed by atoms with Gasteiger partial charge < -0.3 is 0 Å². The predicted molar refractivity (Wildman–Crippen MR) is 52.4 cm³/mol. The van der Waals surface area contributed by atoms with Crippen molar-refractivity contribution in [3.8, 4) is 11.1 Å². The number of benzene rings is 1. The Kier molecular flexibility index (Phi) is 2.98. The Morgan fingerprint density at radius 1 is 0.944 bits per heavy atom. The Morgan fingerprint density at radius 3 is 2.22 bits per heavy atom. The van der Waals surface area contributed by atoms with Crippen molar-refractivity contribution in [3.05, 3.63) is 48.1 Å². The minimum atomic E-state index is -4.64. The molecule has 1 aromatic carbocycles. The van der Waals surface area contributed by atoms with E-state index in [4.69, 9.17) is 0 Å². The van der Waals surface area contributed by atoms with Crippen LogP contribution in [-0.4, -0.2) is 9.97 Å². The fraction of sp³-hybridized carbons (Fsp3) is 0.0909. The molecule has 7 heteroatoms. The topological polar surface area (TPSA) is 25.8 Å². The summed E-state index contributed by atoms with van der Waals surface area (Å²) in [5.74, 6) is -1.33. The first-order valence-corrected chi connectivity index (χ1v) is 4.74. The molecular formula is C11H5F5N2. The van der Waals surface area contributed by atoms with Gasteiger partial charge in [0.2, 0.25) is 5.95 Å². The molecule has 18 heavy (non-hydrogen) atoms. The number of aromatic nitrogens is 2. The van der Waals surface area contributed by atoms with E-state index >= 15 is 0 Å². The largest absolute Gasteiger partial charge is 0.417 e. The van der Waals surface area contributed by atoms with Crippen molar-refractivity contribution in [3.63, 3.8) is 0 Å². The third kappa shape index (κ3) is 2.29. The number of nitrogens with zero attached hydrogens (tertiary/aromatic N) is 2. The Labute approximate surface area is 98.1 Å². The van der Waals surface area contributed by atoms with Gasteiger partial charge in [0.25, 0.3) is 0 Å². The lowest BCUT2D eigenvalue weighted by molar-refractivity contribution is -0.137. The van der Waals surface area contributed by atoms with Gasteiger partial charge in [-0.2, -0.15) is 26.9 Å². The molecule has 0 spiro atoms. The molecule has 2 rings (SSSR count). The van der Waals surface area contributed by atoms with E-state index in [1.165, 1.54) is 12.1 Å². The highest BCUT2D eigenvalue weighted by molar-refractivity contribution is 5.66. The van der Waals surface area contributed by atoms with Crippen molar-refractivity contribution in [2.75, 3.05) is 0 Å². The third-order valence-corrected chi connectivity index (χ3v) is 2.24. The molecule has 0 aliphatic carbocycles. The molecule has 1 heterocycles. The van der Waals surface area contributed by atoms with Crippen LogP contribution in [-0.2, 0) is 6.18 Å². The molecule has 0 aliphatic rings. The first-order chi connectivity index (χ1) is 8.39. The van der Waals surface area contributed by atoms with Gasteiger partial charge >= 0.3 is 12.3 Å². The third-order valence-electron chi connectivity index (χ3n) is 2.24. The maximum atomic E-state index is 13.3. The maximum Gasteiger partial charge on any atom is 0.417 e. The van der Waals surface area contributed by atoms with E-state index in [1.807, 2.05) is 0 Å². The van der Waals surface area contributed by atoms with Gasteiger partial charge in [0.05, 0.1) is 11.1 Å². The summed E-state index contributed by atoms with van der Waals surface area (Å²) >= 11 is 0. The number of alkyl halides is 3. The van der Waals surface area contributed by atoms with Crippen molar-refractivity contribution < 1.29 is 22.0 Å². The van der Waals surface area contributed by atoms with E-state index in [9.17, 15) is 22.0 Å². The molecule has 0 unspecified atom stereocenters. The average molecular weight is 260 g/mol. The van der Waals surface area contributed by atoms with Crippen LogP contribution >= 0.6 is 0 Å². The number of hydrogen-bond acceptors (Lipinski definition) is 2. The Morgan fingerprint density at radius 2 is 1.61 bits per heavy atom. The average Bonchev–Trinajstić information content (AvgIpc) is 2.28. The van der Waals surface area contributed by atoms with Gasteiger partial charge in [-0.15, -0.1) is 0 Å². The van der Waals surface area contributed by atoms with Crippen LogP contribution in [0.25, 0.3) is 11.1 Å². The molecule has 0 amide bonds. The highest BCUT2D eigenvalue weighted by Crippen LogP contribution is 2.37. The van der Waals surface area contributed by atoms with Gasteiger partial charge in [0.15, 0.2) is 0 Å². The minimum absolute atomic E-state index is 0.428. The lowest BCUT2D eigenvalue weighted by atomic mass is 10.0. The first kappa shape index (κ1) is 12.4. The Hall–Kier alpha value is -2.05. The minimum Gasteiger partial charge on any atom is -0.210 e. The molecular weight excluding hydrogens is 255 g/mol. The van der Waals surface area contributed by atoms with Crippen LogP contribution in [0.4, 0.5) is 22.0 Å². The van der Waals surface area contributed by atoms with Crippen LogP contribution in [0.1, 0.15) is 5.56 Å². The number of halogens is 5. The summed E-state index contributed by atoms with van der Waals surface area (Å²) in [7, 11) is 0. The van der Waals surface area contributed by atoms with Crippen LogP contribution in [0.5, 0.6) is 0 Å². The van der Waals surface area contributed by atoms with Crippen LogP contribution in [0.3, 0.4) is 0 Å². The molecule has 2 nitrogen and oxygen atoms in total. The fourth-order valence-corrected chi connectivity index (χ4v) is 1.49. The summed E-state index contributed by atoms with van der Waals surface area (Å²) in [5, 5.41) is 0. The van der Waals surface area contributed by atoms with Crippen molar-refractivity contribution in [1.82, 2.24) is 9.97 Å². The summed E-state index contributed by atoms with van der Waals surface area (Å²) in [6.45, 7) is 0. The van der Waals surface area contributed by atoms with Gasteiger partial charge in [-0.05, 0) is 11.6 Å². The van der Waals surface area contributed by atoms with Gasteiger partial charge in [-0.1, -0.05) is 18.2 Å². The lowest BCUT2D eigenvalue weighted by Crippen LogP contribution is -2.08. The predicted octanol–water partition coefficient (Wildman–Crippen LogP) is 3.44. The van der Waals surface area contributed by atoms with E-state index in [-0.39, 0.29) is 0 Å². The zero-order valence-corrected chi connectivity index (χ0v) is 8.67. The zero-order chi connectivity index (χ0) is 13.3. The second-order valence-electron chi connectivity index (χ2n) is 3.39. The van der Waals surface area contributed by atoms with Crippen molar-refractivity contribution >= 4 is 0 Å². The molecule has 0 bridgehead atoms. The molecule has 0 radical (unpaired) electrons. The van der Waals surface area contributed by atoms with Gasteiger partial charge in [0.1, 0.15) is 0 Å². The van der Waals surface area contributed by atoms with Crippen molar-refractivity contribution in [2.24, 2.45) is 0 Å². The number of hydrogen-bond donors (Lipinski definition) is 0. The smallest absolute Gasteiger partial charge is 0.210 e. The molecule has 0 fully saturated rings. The summed E-state index contributed by atoms with van der Waals surface area (Å²) in [4.78, 5) is 5.82. The summed E-state index contributed by atoms with van der Waals surface area (Å²) < 4.78 is 64.0. The standard InChI is InChI=1S/C11H5F5N2/c12-9-7(5-17-10(13)18-9)6-3-1-2-4-8(6)11(14,15)16/h1-5H. The molecule has 2 aromatic rings. The molecule has 0 saturated heterocycles. The van der Waals surface area contributed by atoms with Crippen molar-refractivity contribution in [2.45, 2.75) is 6.18 Å². The highest BCUT2D eigenvalue weighted by atomic mass is 19.4. The normalized spacial score (nSPS) is 11.6. The SMILES string of the molecule is Fc1ncc(-c2ccccc2C(F)(F)F)c(F)n1. The van der Waals surface area contributed by atoms with E-state index < -0.39 is 34.9 Å². The van der Waals surface area contributed by atoms with Crippen LogP contribution in [0, 0.1) is 12.0 Å². The van der Waals surface area contributed by atoms with E-state index in [2.05, 4.69) is 9.97 Å². The second-order valence-corrected chi connectivity index (χ2v) is 3.39. The lowest BCUT2D eigenvalue weighted by Gasteiger charge is -2.12. The maximum absolute atomic E-state index is 13.3. The van der Waals surface area contributed by atoms with Crippen LogP contribution in [0.15, 0.2) is 30.5 Å². The zero-order valence-electron chi connectivity index (χ0n) is 8.67. The van der Waals surface area contributed by atoms with Gasteiger partial charge in [0, 0.05) is 6.20 Å². The van der Waals surface area contributed by atoms with Crippen LogP contribution in [0.2, 0.25) is 0 Å². The second kappa shape index (κ2) is 4.32. The Balaban J connectivity index is 2.64. The summed E-state index contributed by atoms with van der Waals surface area (Å²) in [5.41, 5.74) is -1.95. The molecule has 1 aromatic heterocycles. The molecule has 0 atom stereocenters.